The Hall–Kier alpha value is -4.20. The first-order valence-electron chi connectivity index (χ1n) is 10.7. The lowest BCUT2D eigenvalue weighted by Gasteiger charge is -2.24. The molecular weight excluding hydrogens is 419 g/mol. The van der Waals surface area contributed by atoms with Crippen molar-refractivity contribution in [2.24, 2.45) is 0 Å². The molecule has 8 heteroatoms. The molecule has 3 heterocycles. The molecule has 5 rings (SSSR count). The second kappa shape index (κ2) is 8.74. The fraction of sp³-hybridized carbons (Fsp3) is 0.160. The van der Waals surface area contributed by atoms with Gasteiger partial charge in [-0.05, 0) is 48.7 Å². The molecule has 0 amide bonds. The highest BCUT2D eigenvalue weighted by atomic mass is 19.1. The number of nitrogens with zero attached hydrogens (tertiary/aromatic N) is 5. The third kappa shape index (κ3) is 4.55. The molecule has 0 aliphatic heterocycles. The minimum absolute atomic E-state index is 0.240. The van der Waals surface area contributed by atoms with E-state index in [1.807, 2.05) is 6.07 Å². The molecule has 0 saturated carbocycles. The molecule has 166 valence electrons. The van der Waals surface area contributed by atoms with Gasteiger partial charge in [-0.1, -0.05) is 42.0 Å². The summed E-state index contributed by atoms with van der Waals surface area (Å²) in [6.45, 7) is 3.31. The number of nitrogen functional groups attached to an aromatic ring is 1. The van der Waals surface area contributed by atoms with E-state index < -0.39 is 0 Å². The van der Waals surface area contributed by atoms with Gasteiger partial charge in [-0.25, -0.2) is 4.39 Å². The summed E-state index contributed by atoms with van der Waals surface area (Å²) < 4.78 is 20.6. The third-order valence-corrected chi connectivity index (χ3v) is 5.45. The van der Waals surface area contributed by atoms with Gasteiger partial charge < -0.3 is 15.1 Å². The van der Waals surface area contributed by atoms with Crippen LogP contribution in [0.15, 0.2) is 77.4 Å². The summed E-state index contributed by atoms with van der Waals surface area (Å²) in [5.74, 6) is 2.20. The Morgan fingerprint density at radius 1 is 1.00 bits per heavy atom. The Balaban J connectivity index is 1.49. The van der Waals surface area contributed by atoms with E-state index in [2.05, 4.69) is 46.2 Å². The lowest BCUT2D eigenvalue weighted by molar-refractivity contribution is 0.577. The smallest absolute Gasteiger partial charge is 0.256 e. The first-order chi connectivity index (χ1) is 16.0. The summed E-state index contributed by atoms with van der Waals surface area (Å²) in [6.07, 6.45) is 2.22. The van der Waals surface area contributed by atoms with E-state index in [-0.39, 0.29) is 5.82 Å². The Kier molecular flexibility index (Phi) is 5.48. The number of benzene rings is 2. The average Bonchev–Trinajstić information content (AvgIpc) is 3.48. The molecule has 0 unspecified atom stereocenters. The maximum absolute atomic E-state index is 13.7. The molecule has 0 fully saturated rings. The minimum atomic E-state index is -0.240. The average molecular weight is 442 g/mol. The van der Waals surface area contributed by atoms with Gasteiger partial charge >= 0.3 is 0 Å². The van der Waals surface area contributed by atoms with Crippen molar-refractivity contribution in [2.75, 3.05) is 17.2 Å². The van der Waals surface area contributed by atoms with Crippen LogP contribution in [0.4, 0.5) is 16.0 Å². The number of rotatable bonds is 7. The normalized spacial score (nSPS) is 11.2. The highest BCUT2D eigenvalue weighted by Crippen LogP contribution is 2.23. The lowest BCUT2D eigenvalue weighted by atomic mass is 10.1. The quantitative estimate of drug-likeness (QED) is 0.394. The van der Waals surface area contributed by atoms with Gasteiger partial charge in [-0.3, -0.25) is 0 Å². The van der Waals surface area contributed by atoms with Crippen molar-refractivity contribution >= 4 is 17.4 Å². The fourth-order valence-electron chi connectivity index (χ4n) is 3.69. The molecule has 5 aromatic rings. The molecule has 7 nitrogen and oxygen atoms in total. The van der Waals surface area contributed by atoms with Gasteiger partial charge in [0.15, 0.2) is 5.76 Å². The zero-order chi connectivity index (χ0) is 22.8. The predicted octanol–water partition coefficient (Wildman–Crippen LogP) is 4.66. The van der Waals surface area contributed by atoms with Gasteiger partial charge in [0.1, 0.15) is 17.5 Å². The molecular formula is C25H23FN6O. The van der Waals surface area contributed by atoms with Crippen molar-refractivity contribution in [2.45, 2.75) is 19.9 Å². The van der Waals surface area contributed by atoms with Crippen LogP contribution in [0, 0.1) is 12.7 Å². The molecule has 0 aliphatic rings. The molecule has 0 spiro atoms. The van der Waals surface area contributed by atoms with Crippen LogP contribution in [0.2, 0.25) is 0 Å². The number of furan rings is 1. The van der Waals surface area contributed by atoms with Crippen LogP contribution in [0.1, 0.15) is 16.7 Å². The zero-order valence-corrected chi connectivity index (χ0v) is 18.1. The summed E-state index contributed by atoms with van der Waals surface area (Å²) >= 11 is 0. The second-order valence-electron chi connectivity index (χ2n) is 7.95. The predicted molar refractivity (Wildman–Crippen MR) is 125 cm³/mol. The SMILES string of the molecule is Cc1ccc(CN(CCc2cccc(F)c2)c2cc(N)n3nc(-c4ccco4)nc3n2)cc1. The van der Waals surface area contributed by atoms with Crippen LogP contribution in [-0.2, 0) is 13.0 Å². The van der Waals surface area contributed by atoms with Crippen molar-refractivity contribution in [1.82, 2.24) is 19.6 Å². The highest BCUT2D eigenvalue weighted by Gasteiger charge is 2.16. The van der Waals surface area contributed by atoms with Gasteiger partial charge in [0.05, 0.1) is 6.26 Å². The van der Waals surface area contributed by atoms with Crippen molar-refractivity contribution in [3.05, 3.63) is 95.5 Å². The van der Waals surface area contributed by atoms with E-state index in [0.717, 1.165) is 11.1 Å². The first kappa shape index (κ1) is 20.7. The number of aryl methyl sites for hydroxylation is 1. The molecule has 3 aromatic heterocycles. The number of hydrogen-bond acceptors (Lipinski definition) is 6. The maximum Gasteiger partial charge on any atom is 0.256 e. The summed E-state index contributed by atoms with van der Waals surface area (Å²) in [4.78, 5) is 11.3. The van der Waals surface area contributed by atoms with E-state index in [4.69, 9.17) is 15.1 Å². The molecule has 0 saturated heterocycles. The van der Waals surface area contributed by atoms with Crippen molar-refractivity contribution in [1.29, 1.82) is 0 Å². The number of anilines is 2. The van der Waals surface area contributed by atoms with E-state index >= 15 is 0 Å². The number of aromatic nitrogens is 4. The Bertz CT molecular complexity index is 1380. The number of fused-ring (bicyclic) bond motifs is 1. The monoisotopic (exact) mass is 442 g/mol. The van der Waals surface area contributed by atoms with E-state index in [1.54, 1.807) is 36.6 Å². The van der Waals surface area contributed by atoms with Crippen LogP contribution < -0.4 is 10.6 Å². The molecule has 0 radical (unpaired) electrons. The number of hydrogen-bond donors (Lipinski definition) is 1. The zero-order valence-electron chi connectivity index (χ0n) is 18.1. The van der Waals surface area contributed by atoms with E-state index in [1.165, 1.54) is 16.1 Å². The van der Waals surface area contributed by atoms with Crippen LogP contribution in [0.25, 0.3) is 17.4 Å². The summed E-state index contributed by atoms with van der Waals surface area (Å²) in [7, 11) is 0. The van der Waals surface area contributed by atoms with Crippen molar-refractivity contribution < 1.29 is 8.81 Å². The highest BCUT2D eigenvalue weighted by molar-refractivity contribution is 5.57. The Labute approximate surface area is 190 Å². The van der Waals surface area contributed by atoms with Crippen LogP contribution in [0.5, 0.6) is 0 Å². The van der Waals surface area contributed by atoms with Gasteiger partial charge in [0.2, 0.25) is 5.82 Å². The van der Waals surface area contributed by atoms with Crippen molar-refractivity contribution in [3.8, 4) is 11.6 Å². The minimum Gasteiger partial charge on any atom is -0.461 e. The van der Waals surface area contributed by atoms with Gasteiger partial charge in [-0.2, -0.15) is 14.5 Å². The largest absolute Gasteiger partial charge is 0.461 e. The number of halogens is 1. The van der Waals surface area contributed by atoms with Crippen LogP contribution >= 0.6 is 0 Å². The maximum atomic E-state index is 13.7. The van der Waals surface area contributed by atoms with Crippen LogP contribution in [0.3, 0.4) is 0 Å². The molecule has 0 atom stereocenters. The molecule has 0 aliphatic carbocycles. The lowest BCUT2D eigenvalue weighted by Crippen LogP contribution is -2.27. The van der Waals surface area contributed by atoms with E-state index in [0.29, 0.717) is 48.5 Å². The van der Waals surface area contributed by atoms with Gasteiger partial charge in [0, 0.05) is 19.2 Å². The van der Waals surface area contributed by atoms with Gasteiger partial charge in [0.25, 0.3) is 5.78 Å². The molecule has 0 bridgehead atoms. The topological polar surface area (TPSA) is 85.5 Å². The fourth-order valence-corrected chi connectivity index (χ4v) is 3.69. The summed E-state index contributed by atoms with van der Waals surface area (Å²) in [6, 6.07) is 20.4. The standard InChI is InChI=1S/C25H23FN6O/c1-17-7-9-19(10-8-17)16-31(12-11-18-4-2-5-20(26)14-18)23-15-22(27)32-25(28-23)29-24(30-32)21-6-3-13-33-21/h2-10,13-15H,11-12,16,27H2,1H3. The third-order valence-electron chi connectivity index (χ3n) is 5.45. The Morgan fingerprint density at radius 3 is 2.61 bits per heavy atom. The summed E-state index contributed by atoms with van der Waals surface area (Å²) in [5.41, 5.74) is 9.57. The summed E-state index contributed by atoms with van der Waals surface area (Å²) in [5, 5.41) is 4.42. The number of nitrogens with two attached hydrogens (primary N) is 1. The Morgan fingerprint density at radius 2 is 1.85 bits per heavy atom. The molecule has 2 aromatic carbocycles. The van der Waals surface area contributed by atoms with E-state index in [9.17, 15) is 4.39 Å². The van der Waals surface area contributed by atoms with Crippen LogP contribution in [-0.4, -0.2) is 26.1 Å². The molecule has 33 heavy (non-hydrogen) atoms. The molecule has 2 N–H and O–H groups in total. The van der Waals surface area contributed by atoms with Crippen molar-refractivity contribution in [3.63, 3.8) is 0 Å². The second-order valence-corrected chi connectivity index (χ2v) is 7.95. The first-order valence-corrected chi connectivity index (χ1v) is 10.7. The van der Waals surface area contributed by atoms with Gasteiger partial charge in [-0.15, -0.1) is 5.10 Å².